The van der Waals surface area contributed by atoms with Crippen molar-refractivity contribution in [3.63, 3.8) is 0 Å². The van der Waals surface area contributed by atoms with E-state index in [1.807, 2.05) is 6.92 Å². The first-order chi connectivity index (χ1) is 12.6. The van der Waals surface area contributed by atoms with E-state index < -0.39 is 0 Å². The topological polar surface area (TPSA) is 91.3 Å². The SMILES string of the molecule is CCOc1c(OC)cc(/C=N\Nc2nc(CC(=O)OC)cs2)cc1OC. The average molecular weight is 379 g/mol. The predicted molar refractivity (Wildman–Crippen MR) is 99.8 cm³/mol. The Morgan fingerprint density at radius 1 is 1.27 bits per heavy atom. The zero-order chi connectivity index (χ0) is 18.9. The van der Waals surface area contributed by atoms with E-state index >= 15 is 0 Å². The molecule has 0 radical (unpaired) electrons. The monoisotopic (exact) mass is 379 g/mol. The summed E-state index contributed by atoms with van der Waals surface area (Å²) < 4.78 is 20.9. The number of nitrogens with one attached hydrogen (secondary N) is 1. The van der Waals surface area contributed by atoms with Crippen molar-refractivity contribution in [3.05, 3.63) is 28.8 Å². The molecule has 0 amide bonds. The number of esters is 1. The molecule has 0 saturated heterocycles. The first-order valence-corrected chi connectivity index (χ1v) is 8.68. The van der Waals surface area contributed by atoms with Crippen molar-refractivity contribution in [3.8, 4) is 17.2 Å². The van der Waals surface area contributed by atoms with Crippen LogP contribution in [0.5, 0.6) is 17.2 Å². The normalized spacial score (nSPS) is 10.6. The quantitative estimate of drug-likeness (QED) is 0.407. The van der Waals surface area contributed by atoms with Crippen molar-refractivity contribution < 1.29 is 23.7 Å². The molecule has 0 spiro atoms. The number of hydrogen-bond donors (Lipinski definition) is 1. The molecule has 1 heterocycles. The van der Waals surface area contributed by atoms with E-state index in [2.05, 4.69) is 20.2 Å². The van der Waals surface area contributed by atoms with Gasteiger partial charge in [0.05, 0.1) is 46.3 Å². The van der Waals surface area contributed by atoms with Crippen molar-refractivity contribution >= 4 is 28.7 Å². The smallest absolute Gasteiger partial charge is 0.311 e. The summed E-state index contributed by atoms with van der Waals surface area (Å²) in [4.78, 5) is 15.5. The Kier molecular flexibility index (Phi) is 7.22. The minimum atomic E-state index is -0.334. The maximum absolute atomic E-state index is 11.2. The van der Waals surface area contributed by atoms with E-state index in [9.17, 15) is 4.79 Å². The number of thiazole rings is 1. The lowest BCUT2D eigenvalue weighted by Gasteiger charge is -2.14. The molecule has 0 saturated carbocycles. The molecule has 0 bridgehead atoms. The minimum absolute atomic E-state index is 0.131. The summed E-state index contributed by atoms with van der Waals surface area (Å²) in [7, 11) is 4.47. The van der Waals surface area contributed by atoms with Crippen molar-refractivity contribution in [2.75, 3.05) is 33.4 Å². The van der Waals surface area contributed by atoms with Gasteiger partial charge in [-0.25, -0.2) is 4.98 Å². The number of aromatic nitrogens is 1. The highest BCUT2D eigenvalue weighted by atomic mass is 32.1. The lowest BCUT2D eigenvalue weighted by atomic mass is 10.2. The van der Waals surface area contributed by atoms with Gasteiger partial charge in [0.1, 0.15) is 0 Å². The molecular formula is C17H21N3O5S. The predicted octanol–water partition coefficient (Wildman–Crippen LogP) is 2.72. The highest BCUT2D eigenvalue weighted by Gasteiger charge is 2.13. The van der Waals surface area contributed by atoms with Crippen LogP contribution in [-0.4, -0.2) is 45.1 Å². The van der Waals surface area contributed by atoms with Gasteiger partial charge in [-0.2, -0.15) is 5.10 Å². The summed E-state index contributed by atoms with van der Waals surface area (Å²) in [6, 6.07) is 3.59. The molecule has 140 valence electrons. The Morgan fingerprint density at radius 3 is 2.54 bits per heavy atom. The van der Waals surface area contributed by atoms with E-state index in [0.717, 1.165) is 5.56 Å². The lowest BCUT2D eigenvalue weighted by molar-refractivity contribution is -0.139. The molecule has 0 atom stereocenters. The summed E-state index contributed by atoms with van der Waals surface area (Å²) in [5.74, 6) is 1.33. The van der Waals surface area contributed by atoms with Crippen LogP contribution < -0.4 is 19.6 Å². The molecule has 0 unspecified atom stereocenters. The van der Waals surface area contributed by atoms with E-state index in [1.165, 1.54) is 18.4 Å². The standard InChI is InChI=1S/C17H21N3O5S/c1-5-25-16-13(22-2)6-11(7-14(16)23-3)9-18-20-17-19-12(10-26-17)8-15(21)24-4/h6-7,9-10H,5,8H2,1-4H3,(H,19,20)/b18-9-. The Balaban J connectivity index is 2.09. The number of nitrogens with zero attached hydrogens (tertiary/aromatic N) is 2. The number of rotatable bonds is 9. The number of hydrogen-bond acceptors (Lipinski definition) is 9. The Labute approximate surface area is 155 Å². The van der Waals surface area contributed by atoms with Crippen LogP contribution in [0, 0.1) is 0 Å². The largest absolute Gasteiger partial charge is 0.493 e. The number of methoxy groups -OCH3 is 3. The maximum atomic E-state index is 11.2. The summed E-state index contributed by atoms with van der Waals surface area (Å²) in [5.41, 5.74) is 4.22. The van der Waals surface area contributed by atoms with Crippen LogP contribution in [0.1, 0.15) is 18.2 Å². The third-order valence-corrected chi connectivity index (χ3v) is 4.05. The molecule has 2 rings (SSSR count). The van der Waals surface area contributed by atoms with Crippen LogP contribution in [-0.2, 0) is 16.0 Å². The van der Waals surface area contributed by atoms with Gasteiger partial charge in [0.25, 0.3) is 0 Å². The Hall–Kier alpha value is -2.81. The van der Waals surface area contributed by atoms with E-state index in [-0.39, 0.29) is 12.4 Å². The molecular weight excluding hydrogens is 358 g/mol. The zero-order valence-electron chi connectivity index (χ0n) is 15.1. The highest BCUT2D eigenvalue weighted by Crippen LogP contribution is 2.38. The summed E-state index contributed by atoms with van der Waals surface area (Å²) in [6.45, 7) is 2.39. The third-order valence-electron chi connectivity index (χ3n) is 3.25. The van der Waals surface area contributed by atoms with Crippen LogP contribution >= 0.6 is 11.3 Å². The fraction of sp³-hybridized carbons (Fsp3) is 0.353. The second-order valence-corrected chi connectivity index (χ2v) is 5.81. The molecule has 1 N–H and O–H groups in total. The third kappa shape index (κ3) is 5.09. The van der Waals surface area contributed by atoms with Gasteiger partial charge in [-0.3, -0.25) is 10.2 Å². The van der Waals surface area contributed by atoms with Crippen LogP contribution in [0.4, 0.5) is 5.13 Å². The number of carbonyl (C=O) groups is 1. The van der Waals surface area contributed by atoms with Crippen LogP contribution in [0.15, 0.2) is 22.6 Å². The molecule has 0 fully saturated rings. The molecule has 0 aliphatic rings. The van der Waals surface area contributed by atoms with Gasteiger partial charge in [0.15, 0.2) is 11.5 Å². The first-order valence-electron chi connectivity index (χ1n) is 7.80. The molecule has 9 heteroatoms. The van der Waals surface area contributed by atoms with Gasteiger partial charge >= 0.3 is 5.97 Å². The van der Waals surface area contributed by atoms with Crippen molar-refractivity contribution in [1.29, 1.82) is 0 Å². The van der Waals surface area contributed by atoms with Gasteiger partial charge in [0, 0.05) is 10.9 Å². The van der Waals surface area contributed by atoms with Gasteiger partial charge < -0.3 is 18.9 Å². The van der Waals surface area contributed by atoms with Gasteiger partial charge in [-0.05, 0) is 19.1 Å². The van der Waals surface area contributed by atoms with Gasteiger partial charge in [-0.15, -0.1) is 11.3 Å². The number of ether oxygens (including phenoxy) is 4. The highest BCUT2D eigenvalue weighted by molar-refractivity contribution is 7.13. The molecule has 8 nitrogen and oxygen atoms in total. The van der Waals surface area contributed by atoms with E-state index in [4.69, 9.17) is 14.2 Å². The van der Waals surface area contributed by atoms with Crippen LogP contribution in [0.3, 0.4) is 0 Å². The minimum Gasteiger partial charge on any atom is -0.493 e. The molecule has 0 aliphatic heterocycles. The number of benzene rings is 1. The zero-order valence-corrected chi connectivity index (χ0v) is 15.9. The number of carbonyl (C=O) groups excluding carboxylic acids is 1. The Morgan fingerprint density at radius 2 is 1.96 bits per heavy atom. The van der Waals surface area contributed by atoms with Crippen molar-refractivity contribution in [1.82, 2.24) is 4.98 Å². The van der Waals surface area contributed by atoms with Gasteiger partial charge in [-0.1, -0.05) is 0 Å². The second-order valence-electron chi connectivity index (χ2n) is 4.95. The van der Waals surface area contributed by atoms with Crippen LogP contribution in [0.25, 0.3) is 0 Å². The van der Waals surface area contributed by atoms with Crippen molar-refractivity contribution in [2.45, 2.75) is 13.3 Å². The van der Waals surface area contributed by atoms with Crippen molar-refractivity contribution in [2.24, 2.45) is 5.10 Å². The summed E-state index contributed by atoms with van der Waals surface area (Å²) in [6.07, 6.45) is 1.74. The molecule has 2 aromatic rings. The summed E-state index contributed by atoms with van der Waals surface area (Å²) in [5, 5.41) is 6.51. The number of hydrazone groups is 1. The number of anilines is 1. The lowest BCUT2D eigenvalue weighted by Crippen LogP contribution is -2.04. The van der Waals surface area contributed by atoms with E-state index in [1.54, 1.807) is 37.9 Å². The summed E-state index contributed by atoms with van der Waals surface area (Å²) >= 11 is 1.35. The fourth-order valence-corrected chi connectivity index (χ4v) is 2.74. The molecule has 26 heavy (non-hydrogen) atoms. The van der Waals surface area contributed by atoms with Gasteiger partial charge in [0.2, 0.25) is 10.9 Å². The molecule has 1 aromatic heterocycles. The molecule has 1 aromatic carbocycles. The molecule has 0 aliphatic carbocycles. The average Bonchev–Trinajstić information content (AvgIpc) is 3.09. The Bertz CT molecular complexity index is 751. The first kappa shape index (κ1) is 19.5. The van der Waals surface area contributed by atoms with E-state index in [0.29, 0.717) is 34.7 Å². The fourth-order valence-electron chi connectivity index (χ4n) is 2.08. The maximum Gasteiger partial charge on any atom is 0.311 e. The van der Waals surface area contributed by atoms with Crippen LogP contribution in [0.2, 0.25) is 0 Å². The second kappa shape index (κ2) is 9.62.